The van der Waals surface area contributed by atoms with Crippen LogP contribution < -0.4 is 0 Å². The number of rotatable bonds is 6. The monoisotopic (exact) mass is 346 g/mol. The minimum absolute atomic E-state index is 0.322. The van der Waals surface area contributed by atoms with Crippen molar-refractivity contribution in [1.29, 1.82) is 0 Å². The molecule has 0 saturated carbocycles. The second kappa shape index (κ2) is 6.80. The molecule has 0 amide bonds. The lowest BCUT2D eigenvalue weighted by Gasteiger charge is -2.24. The number of H-pyrrole nitrogens is 1. The Morgan fingerprint density at radius 3 is 3.25 bits per heavy atom. The molecule has 2 unspecified atom stereocenters. The summed E-state index contributed by atoms with van der Waals surface area (Å²) in [5, 5.41) is 22.8. The first-order valence-corrected chi connectivity index (χ1v) is 8.81. The van der Waals surface area contributed by atoms with Gasteiger partial charge in [0, 0.05) is 10.9 Å². The van der Waals surface area contributed by atoms with Crippen LogP contribution in [0.25, 0.3) is 11.6 Å². The third kappa shape index (κ3) is 3.23. The van der Waals surface area contributed by atoms with Crippen molar-refractivity contribution in [2.75, 3.05) is 6.54 Å². The largest absolute Gasteiger partial charge is 0.388 e. The van der Waals surface area contributed by atoms with Crippen molar-refractivity contribution < 1.29 is 9.63 Å². The van der Waals surface area contributed by atoms with Crippen LogP contribution in [0, 0.1) is 0 Å². The van der Waals surface area contributed by atoms with E-state index in [1.54, 1.807) is 11.3 Å². The van der Waals surface area contributed by atoms with Crippen molar-refractivity contribution in [1.82, 2.24) is 30.2 Å². The molecule has 0 radical (unpaired) electrons. The van der Waals surface area contributed by atoms with Crippen LogP contribution in [-0.4, -0.2) is 47.9 Å². The molecule has 0 aromatic carbocycles. The Balaban J connectivity index is 1.40. The van der Waals surface area contributed by atoms with Crippen LogP contribution in [0.3, 0.4) is 0 Å². The zero-order chi connectivity index (χ0) is 16.4. The first-order valence-electron chi connectivity index (χ1n) is 7.93. The number of aromatic nitrogens is 5. The number of nitrogens with one attached hydrogen (secondary N) is 1. The van der Waals surface area contributed by atoms with E-state index in [1.807, 2.05) is 17.5 Å². The molecule has 1 saturated heterocycles. The van der Waals surface area contributed by atoms with Crippen LogP contribution in [0.2, 0.25) is 0 Å². The van der Waals surface area contributed by atoms with E-state index in [2.05, 4.69) is 30.2 Å². The molecule has 24 heavy (non-hydrogen) atoms. The number of aliphatic hydroxyl groups is 1. The van der Waals surface area contributed by atoms with Crippen molar-refractivity contribution in [2.24, 2.45) is 0 Å². The Labute approximate surface area is 142 Å². The maximum Gasteiger partial charge on any atom is 0.241 e. The number of aromatic amines is 1. The zero-order valence-electron chi connectivity index (χ0n) is 13.0. The van der Waals surface area contributed by atoms with Gasteiger partial charge in [-0.05, 0) is 37.3 Å². The van der Waals surface area contributed by atoms with Gasteiger partial charge < -0.3 is 9.63 Å². The normalized spacial score (nSPS) is 19.8. The molecule has 1 fully saturated rings. The van der Waals surface area contributed by atoms with Crippen molar-refractivity contribution in [3.63, 3.8) is 0 Å². The predicted molar refractivity (Wildman–Crippen MR) is 87.0 cm³/mol. The molecule has 1 aliphatic heterocycles. The van der Waals surface area contributed by atoms with E-state index in [9.17, 15) is 5.11 Å². The summed E-state index contributed by atoms with van der Waals surface area (Å²) < 4.78 is 5.32. The zero-order valence-corrected chi connectivity index (χ0v) is 13.8. The lowest BCUT2D eigenvalue weighted by atomic mass is 10.1. The van der Waals surface area contributed by atoms with Gasteiger partial charge in [-0.1, -0.05) is 11.2 Å². The van der Waals surface area contributed by atoms with Crippen molar-refractivity contribution in [2.45, 2.75) is 38.0 Å². The summed E-state index contributed by atoms with van der Waals surface area (Å²) in [5.41, 5.74) is 0. The van der Waals surface area contributed by atoms with E-state index in [4.69, 9.17) is 4.52 Å². The highest BCUT2D eigenvalue weighted by Gasteiger charge is 2.29. The average Bonchev–Trinajstić information content (AvgIpc) is 3.37. The van der Waals surface area contributed by atoms with Gasteiger partial charge in [-0.3, -0.25) is 10.00 Å². The summed E-state index contributed by atoms with van der Waals surface area (Å²) in [5.74, 6) is 1.46. The van der Waals surface area contributed by atoms with E-state index in [1.165, 1.54) is 6.33 Å². The second-order valence-corrected chi connectivity index (χ2v) is 6.86. The third-order valence-corrected chi connectivity index (χ3v) is 5.27. The van der Waals surface area contributed by atoms with E-state index in [0.717, 1.165) is 30.7 Å². The SMILES string of the molecule is OC(CC1CCCN1Cc1nc(-c2ncn[nH]2)no1)c1cccs1. The molecule has 4 rings (SSSR count). The predicted octanol–water partition coefficient (Wildman–Crippen LogP) is 2.00. The molecule has 2 atom stereocenters. The highest BCUT2D eigenvalue weighted by Crippen LogP contribution is 2.30. The lowest BCUT2D eigenvalue weighted by molar-refractivity contribution is 0.115. The van der Waals surface area contributed by atoms with Crippen LogP contribution in [0.5, 0.6) is 0 Å². The summed E-state index contributed by atoms with van der Waals surface area (Å²) in [6.07, 6.45) is 3.91. The van der Waals surface area contributed by atoms with Gasteiger partial charge in [0.1, 0.15) is 6.33 Å². The first kappa shape index (κ1) is 15.4. The number of likely N-dealkylation sites (tertiary alicyclic amines) is 1. The van der Waals surface area contributed by atoms with E-state index in [-0.39, 0.29) is 0 Å². The highest BCUT2D eigenvalue weighted by molar-refractivity contribution is 7.10. The summed E-state index contributed by atoms with van der Waals surface area (Å²) in [6.45, 7) is 1.56. The number of thiophene rings is 1. The Morgan fingerprint density at radius 2 is 2.46 bits per heavy atom. The molecule has 3 aromatic rings. The topological polar surface area (TPSA) is 104 Å². The van der Waals surface area contributed by atoms with Gasteiger partial charge in [-0.2, -0.15) is 10.1 Å². The van der Waals surface area contributed by atoms with Crippen LogP contribution in [0.15, 0.2) is 28.4 Å². The first-order chi connectivity index (χ1) is 11.8. The summed E-state index contributed by atoms with van der Waals surface area (Å²) in [7, 11) is 0. The molecule has 0 bridgehead atoms. The van der Waals surface area contributed by atoms with Gasteiger partial charge >= 0.3 is 0 Å². The third-order valence-electron chi connectivity index (χ3n) is 4.30. The van der Waals surface area contributed by atoms with E-state index < -0.39 is 6.10 Å². The molecule has 4 heterocycles. The van der Waals surface area contributed by atoms with E-state index in [0.29, 0.717) is 30.1 Å². The fourth-order valence-electron chi connectivity index (χ4n) is 3.13. The molecule has 126 valence electrons. The fraction of sp³-hybridized carbons (Fsp3) is 0.467. The number of aliphatic hydroxyl groups excluding tert-OH is 1. The molecule has 9 heteroatoms. The van der Waals surface area contributed by atoms with E-state index >= 15 is 0 Å². The molecular weight excluding hydrogens is 328 g/mol. The van der Waals surface area contributed by atoms with Gasteiger partial charge in [0.15, 0.2) is 5.82 Å². The minimum Gasteiger partial charge on any atom is -0.388 e. The van der Waals surface area contributed by atoms with Gasteiger partial charge in [0.25, 0.3) is 0 Å². The number of nitrogens with zero attached hydrogens (tertiary/aromatic N) is 5. The van der Waals surface area contributed by atoms with Gasteiger partial charge in [-0.15, -0.1) is 11.3 Å². The standard InChI is InChI=1S/C15H18N6O2S/c22-11(12-4-2-6-24-12)7-10-3-1-5-21(10)8-13-18-15(20-23-13)14-16-9-17-19-14/h2,4,6,9-11,22H,1,3,5,7-8H2,(H,16,17,19). The lowest BCUT2D eigenvalue weighted by Crippen LogP contribution is -2.30. The molecule has 1 aliphatic rings. The number of hydrogen-bond acceptors (Lipinski definition) is 8. The summed E-state index contributed by atoms with van der Waals surface area (Å²) in [4.78, 5) is 11.7. The maximum absolute atomic E-state index is 10.4. The van der Waals surface area contributed by atoms with Crippen LogP contribution in [0.1, 0.15) is 36.1 Å². The summed E-state index contributed by atoms with van der Waals surface area (Å²) in [6, 6.07) is 4.28. The molecule has 0 spiro atoms. The Bertz CT molecular complexity index is 757. The van der Waals surface area contributed by atoms with Gasteiger partial charge in [-0.25, -0.2) is 4.98 Å². The molecule has 2 N–H and O–H groups in total. The average molecular weight is 346 g/mol. The number of hydrogen-bond donors (Lipinski definition) is 2. The van der Waals surface area contributed by atoms with Crippen molar-refractivity contribution in [3.8, 4) is 11.6 Å². The quantitative estimate of drug-likeness (QED) is 0.703. The molecule has 3 aromatic heterocycles. The minimum atomic E-state index is -0.414. The Kier molecular flexibility index (Phi) is 4.37. The fourth-order valence-corrected chi connectivity index (χ4v) is 3.85. The Morgan fingerprint density at radius 1 is 1.50 bits per heavy atom. The maximum atomic E-state index is 10.4. The molecule has 0 aliphatic carbocycles. The van der Waals surface area contributed by atoms with Crippen molar-refractivity contribution >= 4 is 11.3 Å². The smallest absolute Gasteiger partial charge is 0.241 e. The molecular formula is C15H18N6O2S. The second-order valence-electron chi connectivity index (χ2n) is 5.88. The summed E-state index contributed by atoms with van der Waals surface area (Å²) >= 11 is 1.60. The molecule has 8 nitrogen and oxygen atoms in total. The highest BCUT2D eigenvalue weighted by atomic mass is 32.1. The van der Waals surface area contributed by atoms with Crippen LogP contribution >= 0.6 is 11.3 Å². The van der Waals surface area contributed by atoms with Crippen LogP contribution in [-0.2, 0) is 6.54 Å². The van der Waals surface area contributed by atoms with Gasteiger partial charge in [0.05, 0.1) is 12.6 Å². The Hall–Kier alpha value is -2.10. The van der Waals surface area contributed by atoms with Crippen molar-refractivity contribution in [3.05, 3.63) is 34.6 Å². The van der Waals surface area contributed by atoms with Crippen LogP contribution in [0.4, 0.5) is 0 Å². The van der Waals surface area contributed by atoms with Gasteiger partial charge in [0.2, 0.25) is 11.7 Å².